The summed E-state index contributed by atoms with van der Waals surface area (Å²) in [6.45, 7) is 0.140. The molecule has 0 saturated heterocycles. The second-order valence-electron chi connectivity index (χ2n) is 7.75. The first kappa shape index (κ1) is 25.1. The molecule has 0 saturated carbocycles. The Morgan fingerprint density at radius 1 is 1.00 bits per heavy atom. The Balaban J connectivity index is 1.56. The number of benzene rings is 3. The summed E-state index contributed by atoms with van der Waals surface area (Å²) in [5.41, 5.74) is 1.03. The van der Waals surface area contributed by atoms with Crippen LogP contribution < -0.4 is 19.5 Å². The molecule has 36 heavy (non-hydrogen) atoms. The van der Waals surface area contributed by atoms with Gasteiger partial charge in [0.1, 0.15) is 17.6 Å². The molecule has 3 aromatic carbocycles. The van der Waals surface area contributed by atoms with E-state index >= 15 is 0 Å². The number of hydrogen-bond donors (Lipinski definition) is 3. The lowest BCUT2D eigenvalue weighted by molar-refractivity contribution is -0.141. The Bertz CT molecular complexity index is 1170. The van der Waals surface area contributed by atoms with Crippen LogP contribution in [-0.2, 0) is 14.3 Å². The van der Waals surface area contributed by atoms with E-state index in [1.807, 2.05) is 18.2 Å². The first-order valence-corrected chi connectivity index (χ1v) is 11.8. The van der Waals surface area contributed by atoms with E-state index in [9.17, 15) is 14.7 Å². The quantitative estimate of drug-likeness (QED) is 0.265. The highest BCUT2D eigenvalue weighted by atomic mass is 32.1. The van der Waals surface area contributed by atoms with E-state index in [0.717, 1.165) is 0 Å². The van der Waals surface area contributed by atoms with Crippen molar-refractivity contribution < 1.29 is 38.4 Å². The summed E-state index contributed by atoms with van der Waals surface area (Å²) >= 11 is 3.92. The molecule has 1 amide bonds. The first-order valence-electron chi connectivity index (χ1n) is 11.2. The average Bonchev–Trinajstić information content (AvgIpc) is 3.36. The number of anilines is 1. The summed E-state index contributed by atoms with van der Waals surface area (Å²) in [7, 11) is 0. The molecule has 2 atom stereocenters. The van der Waals surface area contributed by atoms with Crippen LogP contribution in [0.5, 0.6) is 23.0 Å². The van der Waals surface area contributed by atoms with Gasteiger partial charge in [-0.05, 0) is 42.0 Å². The van der Waals surface area contributed by atoms with Crippen molar-refractivity contribution in [3.05, 3.63) is 78.4 Å². The number of thiol groups is 1. The second kappa shape index (κ2) is 12.1. The van der Waals surface area contributed by atoms with Crippen molar-refractivity contribution in [3.8, 4) is 23.0 Å². The molecule has 0 aliphatic carbocycles. The Morgan fingerprint density at radius 3 is 2.50 bits per heavy atom. The maximum atomic E-state index is 12.9. The van der Waals surface area contributed by atoms with Crippen LogP contribution in [0.3, 0.4) is 0 Å². The molecule has 188 valence electrons. The molecule has 10 heteroatoms. The zero-order valence-electron chi connectivity index (χ0n) is 19.2. The molecule has 4 rings (SSSR count). The predicted molar refractivity (Wildman–Crippen MR) is 134 cm³/mol. The zero-order chi connectivity index (χ0) is 25.3. The third-order valence-corrected chi connectivity index (χ3v) is 5.50. The normalized spacial score (nSPS) is 13.4. The van der Waals surface area contributed by atoms with Gasteiger partial charge in [-0.2, -0.15) is 12.6 Å². The van der Waals surface area contributed by atoms with Crippen molar-refractivity contribution in [2.24, 2.45) is 0 Å². The van der Waals surface area contributed by atoms with Gasteiger partial charge in [0, 0.05) is 18.2 Å². The van der Waals surface area contributed by atoms with Gasteiger partial charge in [0.05, 0.1) is 12.4 Å². The summed E-state index contributed by atoms with van der Waals surface area (Å²) in [5.74, 6) is 1.18. The highest BCUT2D eigenvalue weighted by Crippen LogP contribution is 2.35. The Kier molecular flexibility index (Phi) is 8.40. The minimum atomic E-state index is -0.908. The number of nitrogens with one attached hydrogen (secondary N) is 1. The molecule has 1 aliphatic rings. The Morgan fingerprint density at radius 2 is 1.75 bits per heavy atom. The van der Waals surface area contributed by atoms with Crippen LogP contribution in [0.15, 0.2) is 72.8 Å². The molecular formula is C26H25NO8S. The molecule has 1 heterocycles. The lowest BCUT2D eigenvalue weighted by Crippen LogP contribution is -2.32. The van der Waals surface area contributed by atoms with Gasteiger partial charge >= 0.3 is 12.1 Å². The SMILES string of the molecule is O=C(CS)OCC[C@@H](Oc1ccccc1)[C@H](OC(=O)Nc1ccc2c(c1)OCO2)c1ccc(O)cc1. The standard InChI is InChI=1S/C26H25NO8S/c28-19-9-6-17(7-10-19)25(35-26(30)27-18-8-11-21-23(14-18)33-16-32-21)22(12-13-31-24(29)15-36)34-20-4-2-1-3-5-20/h1-11,14,22,25,28,36H,12-13,15-16H2,(H,27,30)/t22-,25-/m1/s1. The fourth-order valence-electron chi connectivity index (χ4n) is 3.54. The second-order valence-corrected chi connectivity index (χ2v) is 8.06. The number of amides is 1. The van der Waals surface area contributed by atoms with E-state index in [0.29, 0.717) is 28.5 Å². The summed E-state index contributed by atoms with van der Waals surface area (Å²) in [6.07, 6.45) is -2.15. The van der Waals surface area contributed by atoms with E-state index < -0.39 is 24.3 Å². The summed E-state index contributed by atoms with van der Waals surface area (Å²) in [5, 5.41) is 12.4. The Labute approximate surface area is 213 Å². The zero-order valence-corrected chi connectivity index (χ0v) is 20.1. The summed E-state index contributed by atoms with van der Waals surface area (Å²) in [6, 6.07) is 20.3. The molecule has 0 unspecified atom stereocenters. The van der Waals surface area contributed by atoms with Gasteiger partial charge in [-0.3, -0.25) is 10.1 Å². The van der Waals surface area contributed by atoms with Crippen molar-refractivity contribution in [3.63, 3.8) is 0 Å². The lowest BCUT2D eigenvalue weighted by atomic mass is 10.0. The molecule has 0 bridgehead atoms. The van der Waals surface area contributed by atoms with E-state index in [1.54, 1.807) is 42.5 Å². The van der Waals surface area contributed by atoms with Crippen molar-refractivity contribution >= 4 is 30.4 Å². The molecule has 2 N–H and O–H groups in total. The predicted octanol–water partition coefficient (Wildman–Crippen LogP) is 4.72. The molecule has 0 aromatic heterocycles. The number of carbonyl (C=O) groups excluding carboxylic acids is 2. The van der Waals surface area contributed by atoms with Crippen molar-refractivity contribution in [1.29, 1.82) is 0 Å². The van der Waals surface area contributed by atoms with Crippen LogP contribution in [0, 0.1) is 0 Å². The van der Waals surface area contributed by atoms with Gasteiger partial charge in [-0.1, -0.05) is 30.3 Å². The fourth-order valence-corrected chi connectivity index (χ4v) is 3.63. The molecule has 3 aromatic rings. The Hall–Kier alpha value is -4.05. The number of phenolic OH excluding ortho intramolecular Hbond substituents is 1. The van der Waals surface area contributed by atoms with Gasteiger partial charge in [0.15, 0.2) is 17.6 Å². The number of esters is 1. The average molecular weight is 512 g/mol. The van der Waals surface area contributed by atoms with Crippen LogP contribution in [0.25, 0.3) is 0 Å². The third kappa shape index (κ3) is 6.76. The molecular weight excluding hydrogens is 486 g/mol. The molecule has 0 fully saturated rings. The monoisotopic (exact) mass is 511 g/mol. The molecule has 9 nitrogen and oxygen atoms in total. The van der Waals surface area contributed by atoms with Crippen LogP contribution in [0.2, 0.25) is 0 Å². The maximum absolute atomic E-state index is 12.9. The van der Waals surface area contributed by atoms with Gasteiger partial charge < -0.3 is 28.8 Å². The van der Waals surface area contributed by atoms with Gasteiger partial charge in [0.2, 0.25) is 6.79 Å². The third-order valence-electron chi connectivity index (χ3n) is 5.24. The molecule has 0 radical (unpaired) electrons. The number of hydrogen-bond acceptors (Lipinski definition) is 9. The van der Waals surface area contributed by atoms with Crippen molar-refractivity contribution in [2.75, 3.05) is 24.5 Å². The van der Waals surface area contributed by atoms with Gasteiger partial charge in [-0.25, -0.2) is 4.79 Å². The number of ether oxygens (including phenoxy) is 5. The number of phenols is 1. The minimum Gasteiger partial charge on any atom is -0.508 e. The van der Waals surface area contributed by atoms with Gasteiger partial charge in [-0.15, -0.1) is 0 Å². The van der Waals surface area contributed by atoms with Crippen molar-refractivity contribution in [1.82, 2.24) is 0 Å². The summed E-state index contributed by atoms with van der Waals surface area (Å²) in [4.78, 5) is 24.6. The number of para-hydroxylation sites is 1. The van der Waals surface area contributed by atoms with Gasteiger partial charge in [0.25, 0.3) is 0 Å². The minimum absolute atomic E-state index is 0.0264. The smallest absolute Gasteiger partial charge is 0.412 e. The number of rotatable bonds is 10. The largest absolute Gasteiger partial charge is 0.508 e. The van der Waals surface area contributed by atoms with E-state index in [-0.39, 0.29) is 31.3 Å². The fraction of sp³-hybridized carbons (Fsp3) is 0.231. The van der Waals surface area contributed by atoms with Crippen LogP contribution in [0.1, 0.15) is 18.1 Å². The van der Waals surface area contributed by atoms with E-state index in [1.165, 1.54) is 12.1 Å². The highest BCUT2D eigenvalue weighted by molar-refractivity contribution is 7.81. The van der Waals surface area contributed by atoms with Crippen LogP contribution >= 0.6 is 12.6 Å². The molecule has 0 spiro atoms. The number of fused-ring (bicyclic) bond motifs is 1. The van der Waals surface area contributed by atoms with E-state index in [4.69, 9.17) is 23.7 Å². The lowest BCUT2D eigenvalue weighted by Gasteiger charge is -2.28. The number of aromatic hydroxyl groups is 1. The highest BCUT2D eigenvalue weighted by Gasteiger charge is 2.30. The van der Waals surface area contributed by atoms with E-state index in [2.05, 4.69) is 17.9 Å². The maximum Gasteiger partial charge on any atom is 0.412 e. The summed E-state index contributed by atoms with van der Waals surface area (Å²) < 4.78 is 27.9. The number of carbonyl (C=O) groups is 2. The molecule has 1 aliphatic heterocycles. The van der Waals surface area contributed by atoms with Crippen LogP contribution in [0.4, 0.5) is 10.5 Å². The topological polar surface area (TPSA) is 113 Å². The van der Waals surface area contributed by atoms with Crippen LogP contribution in [-0.4, -0.2) is 42.4 Å². The first-order chi connectivity index (χ1) is 17.5. The van der Waals surface area contributed by atoms with Crippen molar-refractivity contribution in [2.45, 2.75) is 18.6 Å².